The lowest BCUT2D eigenvalue weighted by Crippen LogP contribution is -2.47. The second-order valence-corrected chi connectivity index (χ2v) is 10.0. The molecule has 6 nitrogen and oxygen atoms in total. The second kappa shape index (κ2) is 9.88. The van der Waals surface area contributed by atoms with E-state index in [0.717, 1.165) is 60.8 Å². The highest BCUT2D eigenvalue weighted by Crippen LogP contribution is 2.32. The third kappa shape index (κ3) is 4.62. The summed E-state index contributed by atoms with van der Waals surface area (Å²) in [6.07, 6.45) is 6.00. The Morgan fingerprint density at radius 1 is 1.06 bits per heavy atom. The topological polar surface area (TPSA) is 61.9 Å². The summed E-state index contributed by atoms with van der Waals surface area (Å²) < 4.78 is 5.08. The standard InChI is InChI=1S/C28H35N3O3/c1-19(18-34-2)29-27(32)21-8-6-20(7-9-21)22-10-11-26-23(16-22)12-15-31(28(26)33)25-13-14-30(17-25)24-4-3-5-24/h6-11,16,19,24-25H,3-5,12-15,17-18H2,1-2H3,(H,29,32). The normalized spacial score (nSPS) is 21.8. The van der Waals surface area contributed by atoms with Crippen molar-refractivity contribution in [2.24, 2.45) is 0 Å². The van der Waals surface area contributed by atoms with Crippen molar-refractivity contribution in [1.82, 2.24) is 15.1 Å². The van der Waals surface area contributed by atoms with E-state index in [2.05, 4.69) is 21.2 Å². The van der Waals surface area contributed by atoms with Gasteiger partial charge in [0.15, 0.2) is 0 Å². The number of carbonyl (C=O) groups excluding carboxylic acids is 2. The van der Waals surface area contributed by atoms with E-state index < -0.39 is 0 Å². The van der Waals surface area contributed by atoms with Gasteiger partial charge in [-0.1, -0.05) is 30.7 Å². The number of nitrogens with zero attached hydrogens (tertiary/aromatic N) is 2. The number of hydrogen-bond donors (Lipinski definition) is 1. The van der Waals surface area contributed by atoms with Gasteiger partial charge >= 0.3 is 0 Å². The summed E-state index contributed by atoms with van der Waals surface area (Å²) in [5.74, 6) is 0.0838. The van der Waals surface area contributed by atoms with Crippen molar-refractivity contribution in [1.29, 1.82) is 0 Å². The lowest BCUT2D eigenvalue weighted by Gasteiger charge is -2.37. The maximum absolute atomic E-state index is 13.3. The molecule has 2 fully saturated rings. The average molecular weight is 462 g/mol. The Hall–Kier alpha value is -2.70. The molecule has 2 aromatic rings. The highest BCUT2D eigenvalue weighted by atomic mass is 16.5. The summed E-state index contributed by atoms with van der Waals surface area (Å²) in [5.41, 5.74) is 4.73. The van der Waals surface area contributed by atoms with Crippen LogP contribution < -0.4 is 5.32 Å². The Morgan fingerprint density at radius 3 is 2.53 bits per heavy atom. The van der Waals surface area contributed by atoms with Crippen LogP contribution in [0.4, 0.5) is 0 Å². The predicted molar refractivity (Wildman–Crippen MR) is 133 cm³/mol. The Balaban J connectivity index is 1.25. The Labute approximate surface area is 202 Å². The monoisotopic (exact) mass is 461 g/mol. The highest BCUT2D eigenvalue weighted by molar-refractivity contribution is 5.98. The molecule has 1 aliphatic carbocycles. The lowest BCUT2D eigenvalue weighted by molar-refractivity contribution is 0.0646. The first-order chi connectivity index (χ1) is 16.5. The van der Waals surface area contributed by atoms with Gasteiger partial charge in [-0.2, -0.15) is 0 Å². The SMILES string of the molecule is COCC(C)NC(=O)c1ccc(-c2ccc3c(c2)CCN(C2CCN(C4CCC4)C2)C3=O)cc1. The second-order valence-electron chi connectivity index (χ2n) is 10.0. The molecule has 0 bridgehead atoms. The number of nitrogens with one attached hydrogen (secondary N) is 1. The quantitative estimate of drug-likeness (QED) is 0.682. The molecule has 2 amide bonds. The van der Waals surface area contributed by atoms with Gasteiger partial charge < -0.3 is 15.0 Å². The summed E-state index contributed by atoms with van der Waals surface area (Å²) in [5, 5.41) is 2.94. The fourth-order valence-electron chi connectivity index (χ4n) is 5.55. The Kier molecular flexibility index (Phi) is 6.70. The van der Waals surface area contributed by atoms with Gasteiger partial charge in [-0.3, -0.25) is 14.5 Å². The average Bonchev–Trinajstić information content (AvgIpc) is 3.27. The molecular weight excluding hydrogens is 426 g/mol. The molecular formula is C28H35N3O3. The Bertz CT molecular complexity index is 1050. The number of hydrogen-bond acceptors (Lipinski definition) is 4. The number of methoxy groups -OCH3 is 1. The summed E-state index contributed by atoms with van der Waals surface area (Å²) in [6.45, 7) is 5.37. The minimum atomic E-state index is -0.102. The van der Waals surface area contributed by atoms with Crippen LogP contribution in [0.15, 0.2) is 42.5 Å². The zero-order chi connectivity index (χ0) is 23.7. The lowest BCUT2D eigenvalue weighted by atomic mass is 9.92. The Morgan fingerprint density at radius 2 is 1.82 bits per heavy atom. The third-order valence-corrected chi connectivity index (χ3v) is 7.72. The van der Waals surface area contributed by atoms with E-state index in [1.807, 2.05) is 43.3 Å². The smallest absolute Gasteiger partial charge is 0.254 e. The molecule has 2 atom stereocenters. The third-order valence-electron chi connectivity index (χ3n) is 7.72. The van der Waals surface area contributed by atoms with Crippen LogP contribution in [0.3, 0.4) is 0 Å². The number of amides is 2. The van der Waals surface area contributed by atoms with E-state index in [-0.39, 0.29) is 17.9 Å². The van der Waals surface area contributed by atoms with E-state index in [1.165, 1.54) is 19.3 Å². The summed E-state index contributed by atoms with van der Waals surface area (Å²) >= 11 is 0. The maximum Gasteiger partial charge on any atom is 0.254 e. The van der Waals surface area contributed by atoms with Gasteiger partial charge in [-0.05, 0) is 67.5 Å². The molecule has 0 spiro atoms. The van der Waals surface area contributed by atoms with Crippen molar-refractivity contribution in [3.05, 3.63) is 59.2 Å². The van der Waals surface area contributed by atoms with E-state index in [4.69, 9.17) is 4.74 Å². The van der Waals surface area contributed by atoms with Gasteiger partial charge in [-0.15, -0.1) is 0 Å². The molecule has 2 heterocycles. The number of ether oxygens (including phenoxy) is 1. The van der Waals surface area contributed by atoms with Crippen molar-refractivity contribution in [2.45, 2.75) is 57.2 Å². The molecule has 6 heteroatoms. The largest absolute Gasteiger partial charge is 0.383 e. The molecule has 180 valence electrons. The molecule has 2 aromatic carbocycles. The number of fused-ring (bicyclic) bond motifs is 1. The molecule has 2 unspecified atom stereocenters. The molecule has 34 heavy (non-hydrogen) atoms. The zero-order valence-electron chi connectivity index (χ0n) is 20.3. The zero-order valence-corrected chi connectivity index (χ0v) is 20.3. The minimum absolute atomic E-state index is 0.0413. The van der Waals surface area contributed by atoms with Crippen molar-refractivity contribution in [3.63, 3.8) is 0 Å². The van der Waals surface area contributed by atoms with Crippen molar-refractivity contribution >= 4 is 11.8 Å². The molecule has 2 aliphatic heterocycles. The summed E-state index contributed by atoms with van der Waals surface area (Å²) in [7, 11) is 1.62. The van der Waals surface area contributed by atoms with Crippen LogP contribution in [-0.4, -0.2) is 73.1 Å². The van der Waals surface area contributed by atoms with Crippen molar-refractivity contribution in [2.75, 3.05) is 33.4 Å². The predicted octanol–water partition coefficient (Wildman–Crippen LogP) is 3.74. The molecule has 0 aromatic heterocycles. The van der Waals surface area contributed by atoms with Gasteiger partial charge in [0.2, 0.25) is 0 Å². The maximum atomic E-state index is 13.3. The summed E-state index contributed by atoms with van der Waals surface area (Å²) in [6, 6.07) is 14.9. The van der Waals surface area contributed by atoms with Crippen LogP contribution >= 0.6 is 0 Å². The van der Waals surface area contributed by atoms with Crippen LogP contribution in [0.25, 0.3) is 11.1 Å². The molecule has 3 aliphatic rings. The van der Waals surface area contributed by atoms with Crippen LogP contribution in [-0.2, 0) is 11.2 Å². The van der Waals surface area contributed by atoms with Gasteiger partial charge in [-0.25, -0.2) is 0 Å². The van der Waals surface area contributed by atoms with Crippen LogP contribution in [0.1, 0.15) is 58.9 Å². The fraction of sp³-hybridized carbons (Fsp3) is 0.500. The van der Waals surface area contributed by atoms with Gasteiger partial charge in [0.1, 0.15) is 0 Å². The molecule has 5 rings (SSSR count). The molecule has 1 N–H and O–H groups in total. The first-order valence-electron chi connectivity index (χ1n) is 12.6. The van der Waals surface area contributed by atoms with E-state index in [9.17, 15) is 9.59 Å². The number of rotatable bonds is 7. The van der Waals surface area contributed by atoms with Gasteiger partial charge in [0, 0.05) is 56.0 Å². The van der Waals surface area contributed by atoms with Crippen LogP contribution in [0, 0.1) is 0 Å². The fourth-order valence-corrected chi connectivity index (χ4v) is 5.55. The number of likely N-dealkylation sites (tertiary alicyclic amines) is 1. The minimum Gasteiger partial charge on any atom is -0.383 e. The molecule has 1 saturated carbocycles. The van der Waals surface area contributed by atoms with E-state index in [1.54, 1.807) is 7.11 Å². The van der Waals surface area contributed by atoms with Crippen molar-refractivity contribution < 1.29 is 14.3 Å². The highest BCUT2D eigenvalue weighted by Gasteiger charge is 2.37. The number of carbonyl (C=O) groups is 2. The summed E-state index contributed by atoms with van der Waals surface area (Å²) in [4.78, 5) is 30.5. The van der Waals surface area contributed by atoms with Crippen molar-refractivity contribution in [3.8, 4) is 11.1 Å². The van der Waals surface area contributed by atoms with E-state index in [0.29, 0.717) is 18.2 Å². The number of benzene rings is 2. The molecule has 1 saturated heterocycles. The van der Waals surface area contributed by atoms with Gasteiger partial charge in [0.25, 0.3) is 11.8 Å². The van der Waals surface area contributed by atoms with Crippen LogP contribution in [0.2, 0.25) is 0 Å². The first-order valence-corrected chi connectivity index (χ1v) is 12.6. The van der Waals surface area contributed by atoms with Gasteiger partial charge in [0.05, 0.1) is 6.61 Å². The van der Waals surface area contributed by atoms with Crippen LogP contribution in [0.5, 0.6) is 0 Å². The first kappa shape index (κ1) is 23.1. The van der Waals surface area contributed by atoms with E-state index >= 15 is 0 Å². The molecule has 0 radical (unpaired) electrons.